The summed E-state index contributed by atoms with van der Waals surface area (Å²) in [7, 11) is -4.18. The number of hydrogen-bond donors (Lipinski definition) is 2. The predicted octanol–water partition coefficient (Wildman–Crippen LogP) is -0.180. The van der Waals surface area contributed by atoms with Crippen molar-refractivity contribution in [3.63, 3.8) is 0 Å². The fraction of sp³-hybridized carbons (Fsp3) is 1.00. The minimum absolute atomic E-state index is 1.10. The van der Waals surface area contributed by atoms with E-state index in [9.17, 15) is 8.42 Å². The Morgan fingerprint density at radius 1 is 1.56 bits per heavy atom. The molecule has 0 aromatic heterocycles. The number of halogens is 1. The number of hydrogen-bond acceptors (Lipinski definition) is 3. The first-order chi connectivity index (χ1) is 3.85. The first-order valence-corrected chi connectivity index (χ1v) is 4.08. The number of aliphatic hydroxyl groups excluding tert-OH is 1. The van der Waals surface area contributed by atoms with E-state index in [2.05, 4.69) is 0 Å². The summed E-state index contributed by atoms with van der Waals surface area (Å²) >= 11 is 4.93. The number of alkyl halides is 1. The Balaban J connectivity index is 4.24. The van der Waals surface area contributed by atoms with E-state index in [-0.39, 0.29) is 0 Å². The van der Waals surface area contributed by atoms with E-state index in [0.717, 1.165) is 6.92 Å². The first-order valence-electron chi connectivity index (χ1n) is 2.14. The Morgan fingerprint density at radius 2 is 1.89 bits per heavy atom. The second-order valence-corrected chi connectivity index (χ2v) is 3.81. The van der Waals surface area contributed by atoms with Gasteiger partial charge >= 0.3 is 0 Å². The van der Waals surface area contributed by atoms with Crippen LogP contribution in [0.15, 0.2) is 0 Å². The molecular weight excluding hydrogens is 168 g/mol. The third-order valence-electron chi connectivity index (χ3n) is 0.857. The van der Waals surface area contributed by atoms with Gasteiger partial charge in [-0.05, 0) is 6.92 Å². The molecule has 0 spiro atoms. The van der Waals surface area contributed by atoms with Gasteiger partial charge in [-0.25, -0.2) is 0 Å². The summed E-state index contributed by atoms with van der Waals surface area (Å²) < 4.78 is 28.4. The summed E-state index contributed by atoms with van der Waals surface area (Å²) in [6, 6.07) is 0. The van der Waals surface area contributed by atoms with Gasteiger partial charge in [0.15, 0.2) is 0 Å². The van der Waals surface area contributed by atoms with Gasteiger partial charge in [0.1, 0.15) is 10.8 Å². The monoisotopic (exact) mass is 174 g/mol. The lowest BCUT2D eigenvalue weighted by Crippen LogP contribution is -2.26. The lowest BCUT2D eigenvalue weighted by Gasteiger charge is -2.07. The number of aliphatic hydroxyl groups is 1. The summed E-state index contributed by atoms with van der Waals surface area (Å²) in [6.07, 6.45) is 0. The van der Waals surface area contributed by atoms with Crippen LogP contribution in [0.4, 0.5) is 0 Å². The average Bonchev–Trinajstić information content (AvgIpc) is 1.62. The van der Waals surface area contributed by atoms with Crippen LogP contribution in [0.25, 0.3) is 0 Å². The van der Waals surface area contributed by atoms with Gasteiger partial charge in [-0.15, -0.1) is 0 Å². The smallest absolute Gasteiger partial charge is 0.271 e. The van der Waals surface area contributed by atoms with Crippen LogP contribution in [-0.4, -0.2) is 28.9 Å². The van der Waals surface area contributed by atoms with E-state index < -0.39 is 20.9 Å². The quantitative estimate of drug-likeness (QED) is 0.450. The van der Waals surface area contributed by atoms with E-state index in [0.29, 0.717) is 0 Å². The third kappa shape index (κ3) is 3.00. The maximum Gasteiger partial charge on any atom is 0.271 e. The molecule has 0 aliphatic heterocycles. The van der Waals surface area contributed by atoms with Crippen LogP contribution in [0.2, 0.25) is 0 Å². The van der Waals surface area contributed by atoms with Gasteiger partial charge in [-0.2, -0.15) is 8.42 Å². The first kappa shape index (κ1) is 9.16. The normalized spacial score (nSPS) is 19.1. The molecule has 56 valence electrons. The number of rotatable bonds is 2. The molecule has 2 unspecified atom stereocenters. The Kier molecular flexibility index (Phi) is 2.88. The third-order valence-corrected chi connectivity index (χ3v) is 2.58. The molecule has 0 rings (SSSR count). The lowest BCUT2D eigenvalue weighted by atomic mass is 10.5. The highest BCUT2D eigenvalue weighted by molar-refractivity contribution is 7.86. The molecule has 0 heterocycles. The molecule has 0 radical (unpaired) electrons. The van der Waals surface area contributed by atoms with E-state index in [1.807, 2.05) is 0 Å². The zero-order valence-electron chi connectivity index (χ0n) is 4.65. The Morgan fingerprint density at radius 3 is 1.89 bits per heavy atom. The van der Waals surface area contributed by atoms with E-state index in [4.69, 9.17) is 21.3 Å². The van der Waals surface area contributed by atoms with Gasteiger partial charge < -0.3 is 5.11 Å². The van der Waals surface area contributed by atoms with Gasteiger partial charge in [-0.3, -0.25) is 4.55 Å². The maximum absolute atomic E-state index is 10.1. The van der Waals surface area contributed by atoms with Gasteiger partial charge in [0.25, 0.3) is 10.1 Å². The SMILES string of the molecule is CC(C(O)Cl)S(=O)(=O)O. The van der Waals surface area contributed by atoms with Crippen molar-refractivity contribution < 1.29 is 18.1 Å². The fourth-order valence-corrected chi connectivity index (χ4v) is 0.816. The van der Waals surface area contributed by atoms with Crippen LogP contribution in [0.1, 0.15) is 6.92 Å². The van der Waals surface area contributed by atoms with Gasteiger partial charge in [-0.1, -0.05) is 11.6 Å². The lowest BCUT2D eigenvalue weighted by molar-refractivity contribution is 0.248. The van der Waals surface area contributed by atoms with Crippen molar-refractivity contribution >= 4 is 21.7 Å². The summed E-state index contributed by atoms with van der Waals surface area (Å²) in [6.45, 7) is 1.10. The van der Waals surface area contributed by atoms with Crippen LogP contribution in [0, 0.1) is 0 Å². The molecule has 0 aliphatic rings. The molecule has 0 amide bonds. The maximum atomic E-state index is 10.1. The molecule has 2 N–H and O–H groups in total. The van der Waals surface area contributed by atoms with Crippen molar-refractivity contribution in [2.24, 2.45) is 0 Å². The molecule has 9 heavy (non-hydrogen) atoms. The van der Waals surface area contributed by atoms with E-state index >= 15 is 0 Å². The van der Waals surface area contributed by atoms with E-state index in [1.165, 1.54) is 0 Å². The molecule has 0 saturated carbocycles. The molecule has 0 aliphatic carbocycles. The van der Waals surface area contributed by atoms with Crippen molar-refractivity contribution in [3.05, 3.63) is 0 Å². The zero-order chi connectivity index (χ0) is 7.65. The molecule has 4 nitrogen and oxygen atoms in total. The molecule has 2 atom stereocenters. The molecular formula is C3H7ClO4S. The van der Waals surface area contributed by atoms with Crippen molar-refractivity contribution in [1.29, 1.82) is 0 Å². The Labute approximate surface area is 58.2 Å². The van der Waals surface area contributed by atoms with Gasteiger partial charge in [0.05, 0.1) is 0 Å². The molecule has 6 heteroatoms. The van der Waals surface area contributed by atoms with Gasteiger partial charge in [0.2, 0.25) is 0 Å². The largest absolute Gasteiger partial charge is 0.376 e. The van der Waals surface area contributed by atoms with Crippen LogP contribution in [0.5, 0.6) is 0 Å². The molecule has 0 aromatic rings. The summed E-state index contributed by atoms with van der Waals surface area (Å²) in [4.78, 5) is 0. The molecule has 0 fully saturated rings. The summed E-state index contributed by atoms with van der Waals surface area (Å²) in [5, 5.41) is 7.05. The van der Waals surface area contributed by atoms with Crippen molar-refractivity contribution in [2.45, 2.75) is 17.7 Å². The van der Waals surface area contributed by atoms with Crippen molar-refractivity contribution in [1.82, 2.24) is 0 Å². The van der Waals surface area contributed by atoms with Crippen molar-refractivity contribution in [2.75, 3.05) is 0 Å². The fourth-order valence-electron chi connectivity index (χ4n) is 0.142. The minimum Gasteiger partial charge on any atom is -0.376 e. The highest BCUT2D eigenvalue weighted by Gasteiger charge is 2.23. The van der Waals surface area contributed by atoms with E-state index in [1.54, 1.807) is 0 Å². The Bertz CT molecular complexity index is 172. The highest BCUT2D eigenvalue weighted by atomic mass is 35.5. The summed E-state index contributed by atoms with van der Waals surface area (Å²) in [5.41, 5.74) is -1.56. The second kappa shape index (κ2) is 2.83. The Hall–Kier alpha value is 0.160. The highest BCUT2D eigenvalue weighted by Crippen LogP contribution is 2.06. The van der Waals surface area contributed by atoms with Crippen LogP contribution in [0.3, 0.4) is 0 Å². The zero-order valence-corrected chi connectivity index (χ0v) is 6.22. The van der Waals surface area contributed by atoms with Crippen LogP contribution < -0.4 is 0 Å². The average molecular weight is 175 g/mol. The topological polar surface area (TPSA) is 74.6 Å². The van der Waals surface area contributed by atoms with Crippen LogP contribution in [-0.2, 0) is 10.1 Å². The molecule has 0 aromatic carbocycles. The summed E-state index contributed by atoms with van der Waals surface area (Å²) in [5.74, 6) is 0. The van der Waals surface area contributed by atoms with Crippen molar-refractivity contribution in [3.8, 4) is 0 Å². The van der Waals surface area contributed by atoms with Gasteiger partial charge in [0, 0.05) is 0 Å². The molecule has 0 bridgehead atoms. The molecule has 0 saturated heterocycles. The second-order valence-electron chi connectivity index (χ2n) is 1.59. The predicted molar refractivity (Wildman–Crippen MR) is 32.9 cm³/mol. The standard InChI is InChI=1S/C3H7ClO4S/c1-2(3(4)5)9(6,7)8/h2-3,5H,1H3,(H,6,7,8). The van der Waals surface area contributed by atoms with Crippen LogP contribution >= 0.6 is 11.6 Å². The minimum atomic E-state index is -4.18.